The number of aliphatic hydroxyl groups excluding tert-OH is 1. The lowest BCUT2D eigenvalue weighted by Gasteiger charge is -2.24. The topological polar surface area (TPSA) is 175 Å². The number of aromatic amines is 1. The standard InChI is InChI=1S/C16H16N5O7P/c17-16-19-13-9(14(24)20-16)18-12(6-1-3-7(22)4-2-6)21(13)15-10(23)11-8(27-15)5-26-29(25)28-11/h1-4,8,10-11,15,22-23,29H,5H2,(H3,17,19,20,24)/t8?,10?,11-,15-/m1/s1. The molecule has 0 amide bonds. The molecule has 0 saturated carbocycles. The van der Waals surface area contributed by atoms with Crippen molar-refractivity contribution >= 4 is 25.4 Å². The molecule has 0 spiro atoms. The summed E-state index contributed by atoms with van der Waals surface area (Å²) in [5.41, 5.74) is 5.79. The van der Waals surface area contributed by atoms with Crippen LogP contribution >= 0.6 is 8.25 Å². The zero-order chi connectivity index (χ0) is 20.3. The van der Waals surface area contributed by atoms with E-state index < -0.39 is 38.4 Å². The number of benzene rings is 1. The molecular formula is C16H16N5O7P. The lowest BCUT2D eigenvalue weighted by atomic mass is 10.1. The van der Waals surface area contributed by atoms with E-state index in [1.165, 1.54) is 16.7 Å². The van der Waals surface area contributed by atoms with E-state index in [2.05, 4.69) is 15.0 Å². The van der Waals surface area contributed by atoms with Crippen LogP contribution in [-0.4, -0.2) is 54.7 Å². The summed E-state index contributed by atoms with van der Waals surface area (Å²) in [4.78, 5) is 23.3. The van der Waals surface area contributed by atoms with Crippen LogP contribution in [0.4, 0.5) is 5.95 Å². The number of aromatic nitrogens is 4. The SMILES string of the molecule is Nc1nc2c(nc(-c3ccc(O)cc3)n2[C@@H]2OC3CO[PH](=O)O[C@H]3C2O)c(=O)[nH]1. The Morgan fingerprint density at radius 2 is 2.03 bits per heavy atom. The molecule has 0 radical (unpaired) electrons. The highest BCUT2D eigenvalue weighted by atomic mass is 31.1. The number of hydrogen-bond donors (Lipinski definition) is 4. The summed E-state index contributed by atoms with van der Waals surface area (Å²) in [6, 6.07) is 6.11. The third-order valence-electron chi connectivity index (χ3n) is 4.86. The van der Waals surface area contributed by atoms with Crippen LogP contribution in [0.15, 0.2) is 29.1 Å². The first-order valence-corrected chi connectivity index (χ1v) is 9.89. The Labute approximate surface area is 162 Å². The van der Waals surface area contributed by atoms with Crippen molar-refractivity contribution in [3.8, 4) is 17.1 Å². The third-order valence-corrected chi connectivity index (χ3v) is 5.72. The van der Waals surface area contributed by atoms with Crippen molar-refractivity contribution < 1.29 is 28.6 Å². The van der Waals surface area contributed by atoms with Crippen molar-refractivity contribution in [1.29, 1.82) is 0 Å². The number of hydrogen-bond acceptors (Lipinski definition) is 10. The van der Waals surface area contributed by atoms with Gasteiger partial charge in [0.2, 0.25) is 5.95 Å². The van der Waals surface area contributed by atoms with Crippen LogP contribution in [-0.2, 0) is 18.3 Å². The quantitative estimate of drug-likeness (QED) is 0.416. The smallest absolute Gasteiger partial charge is 0.319 e. The average molecular weight is 421 g/mol. The zero-order valence-electron chi connectivity index (χ0n) is 14.7. The van der Waals surface area contributed by atoms with E-state index in [0.29, 0.717) is 5.56 Å². The highest BCUT2D eigenvalue weighted by molar-refractivity contribution is 7.33. The Balaban J connectivity index is 1.71. The summed E-state index contributed by atoms with van der Waals surface area (Å²) in [5.74, 6) is 0.186. The number of nitrogens with zero attached hydrogens (tertiary/aromatic N) is 3. The van der Waals surface area contributed by atoms with Crippen LogP contribution in [0.5, 0.6) is 5.75 Å². The minimum Gasteiger partial charge on any atom is -0.508 e. The molecule has 13 heteroatoms. The molecule has 152 valence electrons. The molecule has 5 N–H and O–H groups in total. The number of nitrogens with one attached hydrogen (secondary N) is 1. The highest BCUT2D eigenvalue weighted by Gasteiger charge is 2.50. The number of H-pyrrole nitrogens is 1. The predicted molar refractivity (Wildman–Crippen MR) is 99.4 cm³/mol. The number of phenols is 1. The van der Waals surface area contributed by atoms with Gasteiger partial charge in [0.05, 0.1) is 6.61 Å². The second-order valence-electron chi connectivity index (χ2n) is 6.67. The molecule has 2 fully saturated rings. The number of aromatic hydroxyl groups is 1. The van der Waals surface area contributed by atoms with Gasteiger partial charge in [-0.05, 0) is 24.3 Å². The lowest BCUT2D eigenvalue weighted by molar-refractivity contribution is -0.0546. The monoisotopic (exact) mass is 421 g/mol. The van der Waals surface area contributed by atoms with Crippen molar-refractivity contribution in [2.45, 2.75) is 24.5 Å². The van der Waals surface area contributed by atoms with Gasteiger partial charge in [-0.2, -0.15) is 4.98 Å². The summed E-state index contributed by atoms with van der Waals surface area (Å²) in [6.45, 7) is -0.00660. The molecule has 2 aliphatic heterocycles. The van der Waals surface area contributed by atoms with Crippen LogP contribution in [0.25, 0.3) is 22.6 Å². The van der Waals surface area contributed by atoms with E-state index in [-0.39, 0.29) is 35.3 Å². The fourth-order valence-corrected chi connectivity index (χ4v) is 4.45. The van der Waals surface area contributed by atoms with Crippen molar-refractivity contribution in [2.24, 2.45) is 0 Å². The van der Waals surface area contributed by atoms with Gasteiger partial charge in [0, 0.05) is 5.56 Å². The third kappa shape index (κ3) is 2.93. The Bertz CT molecular complexity index is 1180. The van der Waals surface area contributed by atoms with Crippen LogP contribution in [0.2, 0.25) is 0 Å². The fraction of sp³-hybridized carbons (Fsp3) is 0.312. The van der Waals surface area contributed by atoms with Crippen molar-refractivity contribution in [3.63, 3.8) is 0 Å². The van der Waals surface area contributed by atoms with Gasteiger partial charge in [-0.25, -0.2) is 4.98 Å². The van der Waals surface area contributed by atoms with Gasteiger partial charge in [-0.1, -0.05) is 0 Å². The second-order valence-corrected chi connectivity index (χ2v) is 7.70. The van der Waals surface area contributed by atoms with E-state index >= 15 is 0 Å². The molecule has 2 aromatic heterocycles. The van der Waals surface area contributed by atoms with E-state index in [1.807, 2.05) is 0 Å². The number of imidazole rings is 1. The maximum absolute atomic E-state index is 12.4. The maximum atomic E-state index is 12.4. The molecule has 3 aromatic rings. The van der Waals surface area contributed by atoms with Crippen LogP contribution in [0, 0.1) is 0 Å². The maximum Gasteiger partial charge on any atom is 0.319 e. The average Bonchev–Trinajstić information content (AvgIpc) is 3.21. The number of rotatable bonds is 2. The number of anilines is 1. The zero-order valence-corrected chi connectivity index (χ0v) is 15.7. The summed E-state index contributed by atoms with van der Waals surface area (Å²) in [6.07, 6.45) is -3.82. The fourth-order valence-electron chi connectivity index (χ4n) is 3.56. The Morgan fingerprint density at radius 1 is 1.28 bits per heavy atom. The molecular weight excluding hydrogens is 405 g/mol. The van der Waals surface area contributed by atoms with Gasteiger partial charge in [0.25, 0.3) is 5.56 Å². The van der Waals surface area contributed by atoms with E-state index in [4.69, 9.17) is 19.5 Å². The first kappa shape index (κ1) is 18.3. The van der Waals surface area contributed by atoms with E-state index in [1.54, 1.807) is 12.1 Å². The van der Waals surface area contributed by atoms with Gasteiger partial charge >= 0.3 is 8.25 Å². The van der Waals surface area contributed by atoms with Gasteiger partial charge < -0.3 is 29.7 Å². The minimum absolute atomic E-state index is 0.00121. The Hall–Kier alpha value is -2.76. The van der Waals surface area contributed by atoms with Gasteiger partial charge in [-0.3, -0.25) is 18.9 Å². The second kappa shape index (κ2) is 6.65. The first-order chi connectivity index (χ1) is 13.9. The molecule has 29 heavy (non-hydrogen) atoms. The van der Waals surface area contributed by atoms with Crippen molar-refractivity contribution in [1.82, 2.24) is 19.5 Å². The number of nitrogen functional groups attached to an aromatic ring is 1. The molecule has 4 heterocycles. The van der Waals surface area contributed by atoms with E-state index in [9.17, 15) is 19.6 Å². The molecule has 12 nitrogen and oxygen atoms in total. The summed E-state index contributed by atoms with van der Waals surface area (Å²) < 4.78 is 29.2. The van der Waals surface area contributed by atoms with Crippen LogP contribution in [0.1, 0.15) is 6.23 Å². The van der Waals surface area contributed by atoms with Crippen LogP contribution in [0.3, 0.4) is 0 Å². The predicted octanol–water partition coefficient (Wildman–Crippen LogP) is 0.138. The highest BCUT2D eigenvalue weighted by Crippen LogP contribution is 2.44. The molecule has 1 aromatic carbocycles. The molecule has 0 bridgehead atoms. The Morgan fingerprint density at radius 3 is 2.79 bits per heavy atom. The molecule has 5 rings (SSSR count). The molecule has 2 aliphatic rings. The summed E-state index contributed by atoms with van der Waals surface area (Å²) >= 11 is 0. The summed E-state index contributed by atoms with van der Waals surface area (Å²) in [5, 5.41) is 20.4. The van der Waals surface area contributed by atoms with Gasteiger partial charge in [0.15, 0.2) is 17.4 Å². The largest absolute Gasteiger partial charge is 0.508 e. The lowest BCUT2D eigenvalue weighted by Crippen LogP contribution is -2.37. The molecule has 0 aliphatic carbocycles. The van der Waals surface area contributed by atoms with Crippen molar-refractivity contribution in [2.75, 3.05) is 12.3 Å². The van der Waals surface area contributed by atoms with Crippen molar-refractivity contribution in [3.05, 3.63) is 34.6 Å². The van der Waals surface area contributed by atoms with Gasteiger partial charge in [-0.15, -0.1) is 0 Å². The van der Waals surface area contributed by atoms with E-state index in [0.717, 1.165) is 0 Å². The first-order valence-electron chi connectivity index (χ1n) is 8.66. The number of phenolic OH excluding ortho intramolecular Hbond substituents is 1. The van der Waals surface area contributed by atoms with Gasteiger partial charge in [0.1, 0.15) is 29.9 Å². The molecule has 2 saturated heterocycles. The summed E-state index contributed by atoms with van der Waals surface area (Å²) in [7, 11) is -2.72. The number of fused-ring (bicyclic) bond motifs is 2. The Kier molecular flexibility index (Phi) is 4.19. The minimum atomic E-state index is -2.72. The van der Waals surface area contributed by atoms with Crippen LogP contribution < -0.4 is 11.3 Å². The molecule has 5 atom stereocenters. The normalized spacial score (nSPS) is 29.2. The number of aliphatic hydroxyl groups is 1. The number of nitrogens with two attached hydrogens (primary N) is 1. The number of ether oxygens (including phenoxy) is 1. The molecule has 3 unspecified atom stereocenters.